The van der Waals surface area contributed by atoms with Gasteiger partial charge in [0.15, 0.2) is 0 Å². The molecule has 0 spiro atoms. The van der Waals surface area contributed by atoms with Crippen molar-refractivity contribution in [2.24, 2.45) is 0 Å². The van der Waals surface area contributed by atoms with E-state index in [9.17, 15) is 0 Å². The normalized spacial score (nSPS) is 12.4. The molecular formula is C15H19N3. The summed E-state index contributed by atoms with van der Waals surface area (Å²) in [5, 5.41) is 11.4. The van der Waals surface area contributed by atoms with Crippen LogP contribution in [0, 0.1) is 13.8 Å². The zero-order chi connectivity index (χ0) is 13.0. The van der Waals surface area contributed by atoms with E-state index in [0.29, 0.717) is 6.04 Å². The lowest BCUT2D eigenvalue weighted by molar-refractivity contribution is 0.563. The molecule has 0 amide bonds. The summed E-state index contributed by atoms with van der Waals surface area (Å²) >= 11 is 0. The molecule has 1 atom stereocenters. The van der Waals surface area contributed by atoms with E-state index in [-0.39, 0.29) is 0 Å². The van der Waals surface area contributed by atoms with E-state index in [1.165, 1.54) is 16.7 Å². The molecule has 3 nitrogen and oxygen atoms in total. The van der Waals surface area contributed by atoms with Crippen LogP contribution in [0.3, 0.4) is 0 Å². The van der Waals surface area contributed by atoms with Gasteiger partial charge in [0.05, 0.1) is 5.69 Å². The topological polar surface area (TPSA) is 37.8 Å². The number of hydrogen-bond acceptors (Lipinski definition) is 3. The van der Waals surface area contributed by atoms with Crippen LogP contribution >= 0.6 is 0 Å². The fraction of sp³-hybridized carbons (Fsp3) is 0.333. The van der Waals surface area contributed by atoms with Gasteiger partial charge < -0.3 is 5.32 Å². The van der Waals surface area contributed by atoms with Crippen molar-refractivity contribution in [3.8, 4) is 0 Å². The largest absolute Gasteiger partial charge is 0.304 e. The first-order valence-corrected chi connectivity index (χ1v) is 6.23. The van der Waals surface area contributed by atoms with Gasteiger partial charge in [0.25, 0.3) is 0 Å². The van der Waals surface area contributed by atoms with Gasteiger partial charge in [-0.2, -0.15) is 10.2 Å². The van der Waals surface area contributed by atoms with Gasteiger partial charge in [-0.1, -0.05) is 29.3 Å². The molecule has 3 heteroatoms. The van der Waals surface area contributed by atoms with Crippen molar-refractivity contribution in [3.05, 3.63) is 58.9 Å². The second-order valence-corrected chi connectivity index (χ2v) is 4.74. The molecule has 94 valence electrons. The molecule has 1 heterocycles. The van der Waals surface area contributed by atoms with Crippen LogP contribution < -0.4 is 5.32 Å². The monoisotopic (exact) mass is 241 g/mol. The van der Waals surface area contributed by atoms with Gasteiger partial charge >= 0.3 is 0 Å². The molecule has 1 aromatic carbocycles. The minimum absolute atomic E-state index is 0.311. The van der Waals surface area contributed by atoms with Crippen LogP contribution in [0.1, 0.15) is 35.3 Å². The maximum absolute atomic E-state index is 4.07. The quantitative estimate of drug-likeness (QED) is 0.894. The molecular weight excluding hydrogens is 222 g/mol. The van der Waals surface area contributed by atoms with Crippen molar-refractivity contribution < 1.29 is 0 Å². The number of benzene rings is 1. The van der Waals surface area contributed by atoms with Crippen LogP contribution in [-0.2, 0) is 6.54 Å². The Hall–Kier alpha value is -1.74. The summed E-state index contributed by atoms with van der Waals surface area (Å²) in [6.07, 6.45) is 1.69. The molecule has 0 saturated heterocycles. The number of aromatic nitrogens is 2. The molecule has 0 fully saturated rings. The van der Waals surface area contributed by atoms with E-state index in [2.05, 4.69) is 54.5 Å². The molecule has 0 aliphatic heterocycles. The standard InChI is InChI=1S/C15H19N3/c1-11-7-12(2)9-14(8-11)13(3)16-10-15-5-4-6-17-18-15/h4-9,13,16H,10H2,1-3H3. The molecule has 1 N–H and O–H groups in total. The van der Waals surface area contributed by atoms with Gasteiger partial charge in [0.1, 0.15) is 0 Å². The van der Waals surface area contributed by atoms with Gasteiger partial charge in [-0.25, -0.2) is 0 Å². The average Bonchev–Trinajstić information content (AvgIpc) is 2.36. The minimum atomic E-state index is 0.311. The summed E-state index contributed by atoms with van der Waals surface area (Å²) < 4.78 is 0. The fourth-order valence-corrected chi connectivity index (χ4v) is 2.06. The molecule has 2 rings (SSSR count). The second kappa shape index (κ2) is 5.74. The molecule has 0 bridgehead atoms. The van der Waals surface area contributed by atoms with Crippen molar-refractivity contribution in [3.63, 3.8) is 0 Å². The summed E-state index contributed by atoms with van der Waals surface area (Å²) in [5.41, 5.74) is 4.89. The van der Waals surface area contributed by atoms with Crippen molar-refractivity contribution >= 4 is 0 Å². The van der Waals surface area contributed by atoms with E-state index < -0.39 is 0 Å². The Labute approximate surface area is 108 Å². The lowest BCUT2D eigenvalue weighted by atomic mass is 10.0. The van der Waals surface area contributed by atoms with Crippen LogP contribution in [0.4, 0.5) is 0 Å². The van der Waals surface area contributed by atoms with Crippen LogP contribution in [0.5, 0.6) is 0 Å². The van der Waals surface area contributed by atoms with Crippen molar-refractivity contribution in [2.75, 3.05) is 0 Å². The van der Waals surface area contributed by atoms with Gasteiger partial charge in [-0.3, -0.25) is 0 Å². The molecule has 0 saturated carbocycles. The summed E-state index contributed by atoms with van der Waals surface area (Å²) in [4.78, 5) is 0. The van der Waals surface area contributed by atoms with E-state index in [1.54, 1.807) is 6.20 Å². The highest BCUT2D eigenvalue weighted by Gasteiger charge is 2.06. The zero-order valence-corrected chi connectivity index (χ0v) is 11.1. The van der Waals surface area contributed by atoms with Crippen molar-refractivity contribution in [2.45, 2.75) is 33.4 Å². The van der Waals surface area contributed by atoms with Gasteiger partial charge in [0.2, 0.25) is 0 Å². The number of nitrogens with one attached hydrogen (secondary N) is 1. The van der Waals surface area contributed by atoms with Crippen LogP contribution in [-0.4, -0.2) is 10.2 Å². The maximum atomic E-state index is 4.07. The predicted octanol–water partition coefficient (Wildman–Crippen LogP) is 2.94. The Kier molecular flexibility index (Phi) is 4.05. The van der Waals surface area contributed by atoms with E-state index in [4.69, 9.17) is 0 Å². The number of aryl methyl sites for hydroxylation is 2. The maximum Gasteiger partial charge on any atom is 0.0769 e. The van der Waals surface area contributed by atoms with Gasteiger partial charge in [0, 0.05) is 18.8 Å². The predicted molar refractivity (Wildman–Crippen MR) is 73.2 cm³/mol. The molecule has 2 aromatic rings. The first kappa shape index (κ1) is 12.7. The van der Waals surface area contributed by atoms with Crippen molar-refractivity contribution in [1.29, 1.82) is 0 Å². The second-order valence-electron chi connectivity index (χ2n) is 4.74. The zero-order valence-electron chi connectivity index (χ0n) is 11.1. The van der Waals surface area contributed by atoms with E-state index in [0.717, 1.165) is 12.2 Å². The molecule has 0 aliphatic carbocycles. The first-order valence-electron chi connectivity index (χ1n) is 6.23. The Bertz CT molecular complexity index is 488. The van der Waals surface area contributed by atoms with Gasteiger partial charge in [-0.15, -0.1) is 0 Å². The highest BCUT2D eigenvalue weighted by Crippen LogP contribution is 2.16. The molecule has 1 unspecified atom stereocenters. The van der Waals surface area contributed by atoms with Crippen molar-refractivity contribution in [1.82, 2.24) is 15.5 Å². The Morgan fingerprint density at radius 3 is 2.50 bits per heavy atom. The Balaban J connectivity index is 2.01. The highest BCUT2D eigenvalue weighted by atomic mass is 15.1. The van der Waals surface area contributed by atoms with E-state index in [1.807, 2.05) is 12.1 Å². The molecule has 0 radical (unpaired) electrons. The lowest BCUT2D eigenvalue weighted by Crippen LogP contribution is -2.19. The summed E-state index contributed by atoms with van der Waals surface area (Å²) in [5.74, 6) is 0. The highest BCUT2D eigenvalue weighted by molar-refractivity contribution is 5.30. The molecule has 0 aliphatic rings. The number of hydrogen-bond donors (Lipinski definition) is 1. The number of nitrogens with zero attached hydrogens (tertiary/aromatic N) is 2. The SMILES string of the molecule is Cc1cc(C)cc(C(C)NCc2cccnn2)c1. The third-order valence-corrected chi connectivity index (χ3v) is 2.96. The molecule has 18 heavy (non-hydrogen) atoms. The minimum Gasteiger partial charge on any atom is -0.304 e. The van der Waals surface area contributed by atoms with Crippen LogP contribution in [0.2, 0.25) is 0 Å². The summed E-state index contributed by atoms with van der Waals surface area (Å²) in [6.45, 7) is 7.17. The lowest BCUT2D eigenvalue weighted by Gasteiger charge is -2.15. The summed E-state index contributed by atoms with van der Waals surface area (Å²) in [6, 6.07) is 10.8. The van der Waals surface area contributed by atoms with E-state index >= 15 is 0 Å². The third-order valence-electron chi connectivity index (χ3n) is 2.96. The third kappa shape index (κ3) is 3.37. The van der Waals surface area contributed by atoms with Gasteiger partial charge in [-0.05, 0) is 38.5 Å². The van der Waals surface area contributed by atoms with Crippen LogP contribution in [0.25, 0.3) is 0 Å². The van der Waals surface area contributed by atoms with Crippen LogP contribution in [0.15, 0.2) is 36.5 Å². The average molecular weight is 241 g/mol. The smallest absolute Gasteiger partial charge is 0.0769 e. The Morgan fingerprint density at radius 1 is 1.17 bits per heavy atom. The summed E-state index contributed by atoms with van der Waals surface area (Å²) in [7, 11) is 0. The molecule has 1 aromatic heterocycles. The number of rotatable bonds is 4. The Morgan fingerprint density at radius 2 is 1.89 bits per heavy atom. The first-order chi connectivity index (χ1) is 8.65. The fourth-order valence-electron chi connectivity index (χ4n) is 2.06.